The van der Waals surface area contributed by atoms with Gasteiger partial charge in [0.2, 0.25) is 0 Å². The molecule has 0 aromatic heterocycles. The lowest BCUT2D eigenvalue weighted by atomic mass is 10.0. The van der Waals surface area contributed by atoms with Crippen LogP contribution in [0.4, 0.5) is 0 Å². The molecule has 1 aliphatic rings. The maximum Gasteiger partial charge on any atom is -0.00882 e. The lowest BCUT2D eigenvalue weighted by molar-refractivity contribution is 1.31. The Labute approximate surface area is 104 Å². The topological polar surface area (TPSA) is 0 Å². The molecule has 0 amide bonds. The van der Waals surface area contributed by atoms with Crippen molar-refractivity contribution in [3.63, 3.8) is 0 Å². The van der Waals surface area contributed by atoms with Crippen LogP contribution in [0.5, 0.6) is 0 Å². The number of benzene rings is 2. The predicted molar refractivity (Wildman–Crippen MR) is 76.0 cm³/mol. The van der Waals surface area contributed by atoms with E-state index in [2.05, 4.69) is 60.7 Å². The van der Waals surface area contributed by atoms with Crippen molar-refractivity contribution in [2.45, 2.75) is 20.3 Å². The van der Waals surface area contributed by atoms with E-state index in [-0.39, 0.29) is 0 Å². The summed E-state index contributed by atoms with van der Waals surface area (Å²) in [5.41, 5.74) is 5.41. The second-order valence-electron chi connectivity index (χ2n) is 3.89. The van der Waals surface area contributed by atoms with Gasteiger partial charge in [-0.25, -0.2) is 0 Å². The third-order valence-electron chi connectivity index (χ3n) is 2.89. The van der Waals surface area contributed by atoms with E-state index in [0.29, 0.717) is 0 Å². The van der Waals surface area contributed by atoms with E-state index in [1.807, 2.05) is 13.8 Å². The quantitative estimate of drug-likeness (QED) is 0.640. The Kier molecular flexibility index (Phi) is 3.77. The first kappa shape index (κ1) is 11.7. The minimum Gasteiger partial charge on any atom is -0.0795 e. The van der Waals surface area contributed by atoms with Crippen molar-refractivity contribution in [3.05, 3.63) is 65.7 Å². The van der Waals surface area contributed by atoms with Crippen molar-refractivity contribution in [3.8, 4) is 11.1 Å². The molecule has 0 saturated heterocycles. The number of hydrogen-bond donors (Lipinski definition) is 0. The smallest absolute Gasteiger partial charge is 0.00882 e. The van der Waals surface area contributed by atoms with Crippen molar-refractivity contribution in [1.82, 2.24) is 0 Å². The average Bonchev–Trinajstić information content (AvgIpc) is 2.89. The Morgan fingerprint density at radius 1 is 0.824 bits per heavy atom. The molecule has 0 unspecified atom stereocenters. The first-order chi connectivity index (χ1) is 8.43. The van der Waals surface area contributed by atoms with Crippen LogP contribution < -0.4 is 0 Å². The molecule has 1 aliphatic carbocycles. The number of hydrogen-bond acceptors (Lipinski definition) is 0. The van der Waals surface area contributed by atoms with Gasteiger partial charge in [-0.15, -0.1) is 0 Å². The Hall–Kier alpha value is -1.82. The van der Waals surface area contributed by atoms with Gasteiger partial charge in [-0.1, -0.05) is 68.5 Å². The molecule has 0 heterocycles. The lowest BCUT2D eigenvalue weighted by Gasteiger charge is -2.04. The monoisotopic (exact) mass is 222 g/mol. The molecule has 0 nitrogen and oxygen atoms in total. The highest BCUT2D eigenvalue weighted by Crippen LogP contribution is 2.26. The highest BCUT2D eigenvalue weighted by molar-refractivity contribution is 5.71. The summed E-state index contributed by atoms with van der Waals surface area (Å²) >= 11 is 0. The highest BCUT2D eigenvalue weighted by Gasteiger charge is 2.05. The average molecular weight is 222 g/mol. The summed E-state index contributed by atoms with van der Waals surface area (Å²) in [6, 6.07) is 17.2. The number of rotatable bonds is 1. The summed E-state index contributed by atoms with van der Waals surface area (Å²) in [7, 11) is 0. The summed E-state index contributed by atoms with van der Waals surface area (Å²) in [6.07, 6.45) is 5.52. The van der Waals surface area contributed by atoms with Gasteiger partial charge in [0, 0.05) is 0 Å². The van der Waals surface area contributed by atoms with Crippen LogP contribution in [-0.2, 0) is 6.42 Å². The van der Waals surface area contributed by atoms with Crippen LogP contribution in [0.25, 0.3) is 17.2 Å². The van der Waals surface area contributed by atoms with Gasteiger partial charge in [-0.05, 0) is 34.7 Å². The fourth-order valence-electron chi connectivity index (χ4n) is 2.06. The molecule has 3 rings (SSSR count). The van der Waals surface area contributed by atoms with Gasteiger partial charge < -0.3 is 0 Å². The number of fused-ring (bicyclic) bond motifs is 1. The third kappa shape index (κ3) is 2.47. The van der Waals surface area contributed by atoms with Crippen LogP contribution >= 0.6 is 0 Å². The maximum atomic E-state index is 2.27. The minimum atomic E-state index is 1.09. The molecular weight excluding hydrogens is 204 g/mol. The first-order valence-corrected chi connectivity index (χ1v) is 6.28. The van der Waals surface area contributed by atoms with Gasteiger partial charge in [-0.3, -0.25) is 0 Å². The maximum absolute atomic E-state index is 2.27. The van der Waals surface area contributed by atoms with E-state index < -0.39 is 0 Å². The minimum absolute atomic E-state index is 1.09. The molecule has 2 aromatic rings. The second-order valence-corrected chi connectivity index (χ2v) is 3.89. The van der Waals surface area contributed by atoms with Crippen LogP contribution in [0.2, 0.25) is 0 Å². The largest absolute Gasteiger partial charge is 0.0795 e. The Balaban J connectivity index is 0.000000514. The number of allylic oxidation sites excluding steroid dienone is 1. The van der Waals surface area contributed by atoms with Crippen molar-refractivity contribution in [2.75, 3.05) is 0 Å². The molecule has 17 heavy (non-hydrogen) atoms. The van der Waals surface area contributed by atoms with Gasteiger partial charge in [0.15, 0.2) is 0 Å². The van der Waals surface area contributed by atoms with Crippen LogP contribution in [0, 0.1) is 0 Å². The Morgan fingerprint density at radius 2 is 1.59 bits per heavy atom. The molecule has 0 aliphatic heterocycles. The third-order valence-corrected chi connectivity index (χ3v) is 2.89. The van der Waals surface area contributed by atoms with Crippen LogP contribution in [0.15, 0.2) is 54.6 Å². The zero-order valence-corrected chi connectivity index (χ0v) is 10.5. The first-order valence-electron chi connectivity index (χ1n) is 6.28. The summed E-state index contributed by atoms with van der Waals surface area (Å²) in [6.45, 7) is 4.00. The van der Waals surface area contributed by atoms with E-state index in [1.165, 1.54) is 22.3 Å². The highest BCUT2D eigenvalue weighted by atomic mass is 14.1. The Morgan fingerprint density at radius 3 is 2.35 bits per heavy atom. The summed E-state index contributed by atoms with van der Waals surface area (Å²) in [5.74, 6) is 0. The zero-order valence-electron chi connectivity index (χ0n) is 10.5. The molecule has 0 bridgehead atoms. The van der Waals surface area contributed by atoms with Crippen LogP contribution in [0.3, 0.4) is 0 Å². The molecule has 0 saturated carbocycles. The standard InChI is InChI=1S/C15H12.C2H6/c1-2-5-12(6-3-1)15-10-9-13-7-4-8-14(13)11-15;1-2/h1-6,8-11H,7H2;1-2H3. The molecule has 0 fully saturated rings. The summed E-state index contributed by atoms with van der Waals surface area (Å²) in [4.78, 5) is 0. The lowest BCUT2D eigenvalue weighted by Crippen LogP contribution is -1.83. The van der Waals surface area contributed by atoms with Gasteiger partial charge in [0.25, 0.3) is 0 Å². The van der Waals surface area contributed by atoms with Gasteiger partial charge in [-0.2, -0.15) is 0 Å². The van der Waals surface area contributed by atoms with E-state index in [0.717, 1.165) is 6.42 Å². The molecule has 0 radical (unpaired) electrons. The van der Waals surface area contributed by atoms with Crippen molar-refractivity contribution < 1.29 is 0 Å². The molecule has 0 heteroatoms. The van der Waals surface area contributed by atoms with E-state index in [4.69, 9.17) is 0 Å². The molecular formula is C17H18. The zero-order chi connectivity index (χ0) is 12.1. The van der Waals surface area contributed by atoms with E-state index in [1.54, 1.807) is 0 Å². The van der Waals surface area contributed by atoms with E-state index in [9.17, 15) is 0 Å². The summed E-state index contributed by atoms with van der Waals surface area (Å²) < 4.78 is 0. The normalized spacial score (nSPS) is 11.6. The van der Waals surface area contributed by atoms with Crippen molar-refractivity contribution >= 4 is 6.08 Å². The van der Waals surface area contributed by atoms with Crippen LogP contribution in [-0.4, -0.2) is 0 Å². The SMILES string of the molecule is C1=Cc2cc(-c3ccccc3)ccc2C1.CC. The van der Waals surface area contributed by atoms with Gasteiger partial charge in [0.05, 0.1) is 0 Å². The molecule has 0 N–H and O–H groups in total. The van der Waals surface area contributed by atoms with Gasteiger partial charge >= 0.3 is 0 Å². The van der Waals surface area contributed by atoms with Crippen molar-refractivity contribution in [2.24, 2.45) is 0 Å². The molecule has 0 spiro atoms. The van der Waals surface area contributed by atoms with E-state index >= 15 is 0 Å². The molecule has 86 valence electrons. The fraction of sp³-hybridized carbons (Fsp3) is 0.176. The Bertz CT molecular complexity index is 507. The molecule has 2 aromatic carbocycles. The summed E-state index contributed by atoms with van der Waals surface area (Å²) in [5, 5.41) is 0. The van der Waals surface area contributed by atoms with Crippen LogP contribution in [0.1, 0.15) is 25.0 Å². The van der Waals surface area contributed by atoms with Gasteiger partial charge in [0.1, 0.15) is 0 Å². The van der Waals surface area contributed by atoms with Crippen molar-refractivity contribution in [1.29, 1.82) is 0 Å². The second kappa shape index (κ2) is 5.49. The fourth-order valence-corrected chi connectivity index (χ4v) is 2.06. The molecule has 0 atom stereocenters. The predicted octanol–water partition coefficient (Wildman–Crippen LogP) is 4.95.